The molecule has 2 aromatic carbocycles. The van der Waals surface area contributed by atoms with E-state index >= 15 is 0 Å². The van der Waals surface area contributed by atoms with Gasteiger partial charge in [-0.25, -0.2) is 26.7 Å². The van der Waals surface area contributed by atoms with Crippen LogP contribution in [0.3, 0.4) is 0 Å². The minimum Gasteiger partial charge on any atom is -0.464 e. The quantitative estimate of drug-likeness (QED) is 0.267. The summed E-state index contributed by atoms with van der Waals surface area (Å²) in [7, 11) is 0. The minimum atomic E-state index is -2.29. The van der Waals surface area contributed by atoms with Crippen LogP contribution in [0.1, 0.15) is 43.7 Å². The molecule has 0 aromatic heterocycles. The van der Waals surface area contributed by atoms with Crippen LogP contribution >= 0.6 is 0 Å². The van der Waals surface area contributed by atoms with Crippen molar-refractivity contribution in [2.45, 2.75) is 40.0 Å². The van der Waals surface area contributed by atoms with Gasteiger partial charge in [0, 0.05) is 5.56 Å². The second-order valence-corrected chi connectivity index (χ2v) is 7.57. The molecule has 0 amide bonds. The molecule has 0 N–H and O–H groups in total. The number of oxime groups is 1. The monoisotopic (exact) mass is 456 g/mol. The Hall–Kier alpha value is -3.17. The topological polar surface area (TPSA) is 51.1 Å². The summed E-state index contributed by atoms with van der Waals surface area (Å²) in [6, 6.07) is 5.53. The second kappa shape index (κ2) is 9.13. The van der Waals surface area contributed by atoms with Gasteiger partial charge in [0.25, 0.3) is 0 Å². The molecule has 2 aromatic rings. The van der Waals surface area contributed by atoms with Crippen LogP contribution in [0.25, 0.3) is 0 Å². The highest BCUT2D eigenvalue weighted by Gasteiger charge is 2.46. The zero-order valence-electron chi connectivity index (χ0n) is 17.8. The van der Waals surface area contributed by atoms with Gasteiger partial charge < -0.3 is 9.57 Å². The molecule has 1 heterocycles. The van der Waals surface area contributed by atoms with E-state index in [1.54, 1.807) is 45.0 Å². The van der Waals surface area contributed by atoms with E-state index in [-0.39, 0.29) is 12.4 Å². The molecule has 0 fully saturated rings. The van der Waals surface area contributed by atoms with Crippen molar-refractivity contribution in [1.82, 2.24) is 4.90 Å². The number of hydrogen-bond acceptors (Lipinski definition) is 5. The number of ether oxygens (including phenoxy) is 1. The highest BCUT2D eigenvalue weighted by molar-refractivity contribution is 6.01. The van der Waals surface area contributed by atoms with Gasteiger partial charge in [0.15, 0.2) is 29.1 Å². The van der Waals surface area contributed by atoms with Crippen LogP contribution in [-0.2, 0) is 14.4 Å². The molecule has 2 atom stereocenters. The fourth-order valence-corrected chi connectivity index (χ4v) is 3.46. The Morgan fingerprint density at radius 3 is 2.06 bits per heavy atom. The van der Waals surface area contributed by atoms with Gasteiger partial charge in [-0.05, 0) is 19.8 Å². The van der Waals surface area contributed by atoms with E-state index in [1.165, 1.54) is 0 Å². The summed E-state index contributed by atoms with van der Waals surface area (Å²) in [6.45, 7) is 6.71. The summed E-state index contributed by atoms with van der Waals surface area (Å²) in [6.07, 6.45) is -1.90. The summed E-state index contributed by atoms with van der Waals surface area (Å²) < 4.78 is 75.8. The molecule has 0 aliphatic carbocycles. The number of rotatable bonds is 6. The molecule has 0 radical (unpaired) electrons. The van der Waals surface area contributed by atoms with Gasteiger partial charge in [0.2, 0.25) is 12.0 Å². The van der Waals surface area contributed by atoms with Gasteiger partial charge in [-0.3, -0.25) is 4.90 Å². The first-order valence-electron chi connectivity index (χ1n) is 9.87. The first kappa shape index (κ1) is 23.5. The van der Waals surface area contributed by atoms with Gasteiger partial charge in [-0.1, -0.05) is 48.8 Å². The fraction of sp³-hybridized carbons (Fsp3) is 0.364. The lowest BCUT2D eigenvalue weighted by Gasteiger charge is -2.34. The number of carbonyl (C=O) groups excluding carboxylic acids is 1. The van der Waals surface area contributed by atoms with Gasteiger partial charge in [-0.2, -0.15) is 0 Å². The molecule has 0 unspecified atom stereocenters. The number of aryl methyl sites for hydroxylation is 1. The molecule has 5 nitrogen and oxygen atoms in total. The SMILES string of the molecule is CCOC(=O)[C@H](C(C)C)N1C(c2ccc(C)cc2)=NO[C@@H]1c1c(F)c(F)c(F)c(F)c1F. The predicted octanol–water partition coefficient (Wildman–Crippen LogP) is 4.97. The summed E-state index contributed by atoms with van der Waals surface area (Å²) >= 11 is 0. The Balaban J connectivity index is 2.21. The molecular formula is C22H21F5N2O3. The van der Waals surface area contributed by atoms with E-state index in [0.717, 1.165) is 10.5 Å². The first-order chi connectivity index (χ1) is 15.1. The van der Waals surface area contributed by atoms with E-state index in [0.29, 0.717) is 5.56 Å². The second-order valence-electron chi connectivity index (χ2n) is 7.57. The number of hydrogen-bond donors (Lipinski definition) is 0. The van der Waals surface area contributed by atoms with E-state index in [4.69, 9.17) is 9.57 Å². The molecule has 0 spiro atoms. The Morgan fingerprint density at radius 1 is 1.03 bits per heavy atom. The van der Waals surface area contributed by atoms with Crippen molar-refractivity contribution in [3.05, 3.63) is 70.0 Å². The number of carbonyl (C=O) groups is 1. The molecule has 172 valence electrons. The van der Waals surface area contributed by atoms with E-state index in [1.807, 2.05) is 6.92 Å². The molecule has 32 heavy (non-hydrogen) atoms. The lowest BCUT2D eigenvalue weighted by Crippen LogP contribution is -2.49. The number of esters is 1. The van der Waals surface area contributed by atoms with Crippen LogP contribution in [-0.4, -0.2) is 29.4 Å². The zero-order valence-corrected chi connectivity index (χ0v) is 17.8. The lowest BCUT2D eigenvalue weighted by atomic mass is 9.98. The molecule has 0 saturated carbocycles. The van der Waals surface area contributed by atoms with Crippen LogP contribution in [0.5, 0.6) is 0 Å². The maximum absolute atomic E-state index is 14.6. The maximum atomic E-state index is 14.6. The van der Waals surface area contributed by atoms with Crippen LogP contribution < -0.4 is 0 Å². The van der Waals surface area contributed by atoms with Crippen molar-refractivity contribution in [1.29, 1.82) is 0 Å². The molecule has 0 bridgehead atoms. The van der Waals surface area contributed by atoms with Crippen molar-refractivity contribution in [3.63, 3.8) is 0 Å². The Morgan fingerprint density at radius 2 is 1.56 bits per heavy atom. The largest absolute Gasteiger partial charge is 0.464 e. The predicted molar refractivity (Wildman–Crippen MR) is 105 cm³/mol. The average Bonchev–Trinajstić information content (AvgIpc) is 3.15. The van der Waals surface area contributed by atoms with Crippen molar-refractivity contribution < 1.29 is 36.3 Å². The smallest absolute Gasteiger partial charge is 0.329 e. The zero-order chi connectivity index (χ0) is 23.7. The van der Waals surface area contributed by atoms with Gasteiger partial charge in [0.1, 0.15) is 6.04 Å². The van der Waals surface area contributed by atoms with E-state index < -0.39 is 58.8 Å². The van der Waals surface area contributed by atoms with E-state index in [2.05, 4.69) is 5.16 Å². The van der Waals surface area contributed by atoms with Crippen LogP contribution in [0.4, 0.5) is 22.0 Å². The molecule has 10 heteroatoms. The average molecular weight is 456 g/mol. The van der Waals surface area contributed by atoms with Gasteiger partial charge in [0.05, 0.1) is 12.2 Å². The fourth-order valence-electron chi connectivity index (χ4n) is 3.46. The van der Waals surface area contributed by atoms with Crippen LogP contribution in [0, 0.1) is 41.9 Å². The third kappa shape index (κ3) is 4.01. The highest BCUT2D eigenvalue weighted by atomic mass is 19.2. The molecular weight excluding hydrogens is 435 g/mol. The van der Waals surface area contributed by atoms with Crippen LogP contribution in [0.15, 0.2) is 29.4 Å². The van der Waals surface area contributed by atoms with Crippen molar-refractivity contribution in [3.8, 4) is 0 Å². The highest BCUT2D eigenvalue weighted by Crippen LogP contribution is 2.39. The summed E-state index contributed by atoms with van der Waals surface area (Å²) in [5, 5.41) is 3.85. The summed E-state index contributed by atoms with van der Waals surface area (Å²) in [4.78, 5) is 19.0. The number of benzene rings is 2. The van der Waals surface area contributed by atoms with E-state index in [9.17, 15) is 26.7 Å². The summed E-state index contributed by atoms with van der Waals surface area (Å²) in [5.41, 5.74) is 0.0704. The van der Waals surface area contributed by atoms with Crippen molar-refractivity contribution in [2.24, 2.45) is 11.1 Å². The number of halogens is 5. The Bertz CT molecular complexity index is 1030. The number of nitrogens with zero attached hydrogens (tertiary/aromatic N) is 2. The Kier molecular flexibility index (Phi) is 6.71. The van der Waals surface area contributed by atoms with Crippen LogP contribution in [0.2, 0.25) is 0 Å². The van der Waals surface area contributed by atoms with Crippen molar-refractivity contribution >= 4 is 11.8 Å². The van der Waals surface area contributed by atoms with Gasteiger partial charge >= 0.3 is 5.97 Å². The minimum absolute atomic E-state index is 0.00862. The van der Waals surface area contributed by atoms with Crippen molar-refractivity contribution in [2.75, 3.05) is 6.61 Å². The summed E-state index contributed by atoms with van der Waals surface area (Å²) in [5.74, 6) is -11.9. The molecule has 1 aliphatic heterocycles. The third-order valence-corrected chi connectivity index (χ3v) is 5.00. The molecule has 1 aliphatic rings. The normalized spacial score (nSPS) is 16.8. The third-order valence-electron chi connectivity index (χ3n) is 5.00. The number of amidine groups is 1. The lowest BCUT2D eigenvalue weighted by molar-refractivity contribution is -0.153. The molecule has 3 rings (SSSR count). The standard InChI is InChI=1S/C22H21F5N2O3/c1-5-31-22(30)19(10(2)3)29-20(12-8-6-11(4)7-9-12)28-32-21(29)13-14(23)16(25)18(27)17(26)15(13)24/h6-10,19,21H,5H2,1-4H3/t19-,21+/m0/s1. The maximum Gasteiger partial charge on any atom is 0.329 e. The first-order valence-corrected chi connectivity index (χ1v) is 9.87. The Labute approximate surface area is 181 Å². The van der Waals surface area contributed by atoms with Gasteiger partial charge in [-0.15, -0.1) is 0 Å². The molecule has 0 saturated heterocycles.